The van der Waals surface area contributed by atoms with Crippen molar-refractivity contribution in [2.45, 2.75) is 20.3 Å². The van der Waals surface area contributed by atoms with Crippen molar-refractivity contribution in [3.05, 3.63) is 27.2 Å². The maximum Gasteiger partial charge on any atom is 0.411 e. The van der Waals surface area contributed by atoms with Crippen molar-refractivity contribution in [1.82, 2.24) is 0 Å². The third kappa shape index (κ3) is 4.95. The Morgan fingerprint density at radius 3 is 2.63 bits per heavy atom. The van der Waals surface area contributed by atoms with Gasteiger partial charge in [0.15, 0.2) is 0 Å². The van der Waals surface area contributed by atoms with Gasteiger partial charge in [-0.05, 0) is 34.0 Å². The number of nitrogens with one attached hydrogen (secondary N) is 1. The molecule has 106 valence electrons. The number of carbonyl (C=O) groups excluding carboxylic acids is 1. The van der Waals surface area contributed by atoms with Gasteiger partial charge < -0.3 is 4.74 Å². The van der Waals surface area contributed by atoms with Crippen molar-refractivity contribution >= 4 is 39.3 Å². The number of hydrogen-bond acceptors (Lipinski definition) is 2. The Hall–Kier alpha value is -0.880. The molecule has 0 radical (unpaired) electrons. The molecule has 1 aromatic carbocycles. The van der Waals surface area contributed by atoms with Crippen LogP contribution in [-0.4, -0.2) is 12.7 Å². The molecule has 1 amide bonds. The lowest BCUT2D eigenvalue weighted by Crippen LogP contribution is -2.17. The molecule has 3 nitrogen and oxygen atoms in total. The molecule has 0 saturated carbocycles. The highest BCUT2D eigenvalue weighted by molar-refractivity contribution is 9.10. The van der Waals surface area contributed by atoms with Crippen molar-refractivity contribution in [1.29, 1.82) is 0 Å². The molecule has 0 atom stereocenters. The van der Waals surface area contributed by atoms with E-state index in [0.717, 1.165) is 6.07 Å². The maximum atomic E-state index is 12.6. The first-order valence-electron chi connectivity index (χ1n) is 5.52. The normalized spacial score (nSPS) is 10.9. The van der Waals surface area contributed by atoms with E-state index in [2.05, 4.69) is 21.2 Å². The minimum atomic E-state index is -2.65. The maximum absolute atomic E-state index is 12.6. The number of alkyl halides is 2. The predicted octanol–water partition coefficient (Wildman–Crippen LogP) is 5.24. The van der Waals surface area contributed by atoms with E-state index < -0.39 is 12.5 Å². The Balaban J connectivity index is 2.85. The van der Waals surface area contributed by atoms with Crippen LogP contribution in [0.5, 0.6) is 0 Å². The summed E-state index contributed by atoms with van der Waals surface area (Å²) < 4.78 is 30.5. The number of amides is 1. The van der Waals surface area contributed by atoms with E-state index in [1.165, 1.54) is 6.07 Å². The molecule has 0 aliphatic heterocycles. The molecule has 0 aromatic heterocycles. The highest BCUT2D eigenvalue weighted by Gasteiger charge is 2.15. The highest BCUT2D eigenvalue weighted by atomic mass is 79.9. The van der Waals surface area contributed by atoms with E-state index in [9.17, 15) is 13.6 Å². The Morgan fingerprint density at radius 2 is 2.11 bits per heavy atom. The number of carbonyl (C=O) groups is 1. The zero-order valence-electron chi connectivity index (χ0n) is 10.3. The van der Waals surface area contributed by atoms with Crippen LogP contribution in [0.3, 0.4) is 0 Å². The third-order valence-corrected chi connectivity index (χ3v) is 3.35. The average Bonchev–Trinajstić information content (AvgIpc) is 2.31. The number of halogens is 4. The number of anilines is 1. The Morgan fingerprint density at radius 1 is 1.47 bits per heavy atom. The number of ether oxygens (including phenoxy) is 1. The van der Waals surface area contributed by atoms with Crippen LogP contribution in [-0.2, 0) is 4.74 Å². The molecule has 0 bridgehead atoms. The van der Waals surface area contributed by atoms with Crippen LogP contribution in [0.15, 0.2) is 16.6 Å². The molecule has 1 rings (SSSR count). The summed E-state index contributed by atoms with van der Waals surface area (Å²) in [6.45, 7) is 4.00. The van der Waals surface area contributed by atoms with Crippen LogP contribution in [0, 0.1) is 5.92 Å². The van der Waals surface area contributed by atoms with Gasteiger partial charge in [0.05, 0.1) is 17.3 Å². The molecule has 0 fully saturated rings. The molecule has 0 saturated heterocycles. The van der Waals surface area contributed by atoms with Gasteiger partial charge in [0.1, 0.15) is 0 Å². The molecule has 0 heterocycles. The van der Waals surface area contributed by atoms with Crippen molar-refractivity contribution in [2.75, 3.05) is 11.9 Å². The van der Waals surface area contributed by atoms with Gasteiger partial charge in [-0.3, -0.25) is 5.32 Å². The Kier molecular flexibility index (Phi) is 6.00. The van der Waals surface area contributed by atoms with E-state index in [0.29, 0.717) is 0 Å². The van der Waals surface area contributed by atoms with Gasteiger partial charge in [-0.1, -0.05) is 25.4 Å². The minimum Gasteiger partial charge on any atom is -0.449 e. The van der Waals surface area contributed by atoms with Crippen LogP contribution >= 0.6 is 27.5 Å². The van der Waals surface area contributed by atoms with Gasteiger partial charge in [-0.2, -0.15) is 0 Å². The van der Waals surface area contributed by atoms with Crippen molar-refractivity contribution in [2.24, 2.45) is 5.92 Å². The summed E-state index contributed by atoms with van der Waals surface area (Å²) in [5, 5.41) is 2.49. The fourth-order valence-corrected chi connectivity index (χ4v) is 1.85. The van der Waals surface area contributed by atoms with E-state index in [1.807, 2.05) is 13.8 Å². The topological polar surface area (TPSA) is 38.3 Å². The zero-order chi connectivity index (χ0) is 14.6. The van der Waals surface area contributed by atoms with Gasteiger partial charge >= 0.3 is 6.09 Å². The summed E-state index contributed by atoms with van der Waals surface area (Å²) in [5.74, 6) is 0.181. The summed E-state index contributed by atoms with van der Waals surface area (Å²) >= 11 is 8.97. The smallest absolute Gasteiger partial charge is 0.411 e. The van der Waals surface area contributed by atoms with Crippen LogP contribution < -0.4 is 5.32 Å². The molecule has 0 spiro atoms. The number of hydrogen-bond donors (Lipinski definition) is 1. The third-order valence-electron chi connectivity index (χ3n) is 2.09. The molecular formula is C12H13BrClF2NO2. The summed E-state index contributed by atoms with van der Waals surface area (Å²) in [6.07, 6.45) is -3.38. The first-order chi connectivity index (χ1) is 8.81. The van der Waals surface area contributed by atoms with Crippen LogP contribution in [0.1, 0.15) is 25.8 Å². The molecule has 7 heteroatoms. The van der Waals surface area contributed by atoms with Crippen molar-refractivity contribution < 1.29 is 18.3 Å². The minimum absolute atomic E-state index is 0.0834. The SMILES string of the molecule is CC(C)COC(=O)Nc1cc(C(F)F)cc(Br)c1Cl. The summed E-state index contributed by atoms with van der Waals surface area (Å²) in [7, 11) is 0. The molecular weight excluding hydrogens is 343 g/mol. The second kappa shape index (κ2) is 7.05. The summed E-state index contributed by atoms with van der Waals surface area (Å²) in [4.78, 5) is 11.5. The number of rotatable bonds is 4. The largest absolute Gasteiger partial charge is 0.449 e. The zero-order valence-corrected chi connectivity index (χ0v) is 12.7. The Bertz CT molecular complexity index is 469. The fourth-order valence-electron chi connectivity index (χ4n) is 1.22. The summed E-state index contributed by atoms with van der Waals surface area (Å²) in [6, 6.07) is 2.33. The molecule has 0 unspecified atom stereocenters. The predicted molar refractivity (Wildman–Crippen MR) is 73.9 cm³/mol. The summed E-state index contributed by atoms with van der Waals surface area (Å²) in [5.41, 5.74) is -0.157. The average molecular weight is 357 g/mol. The number of benzene rings is 1. The lowest BCUT2D eigenvalue weighted by Gasteiger charge is -2.12. The first-order valence-corrected chi connectivity index (χ1v) is 6.69. The fraction of sp³-hybridized carbons (Fsp3) is 0.417. The second-order valence-corrected chi connectivity index (χ2v) is 5.51. The monoisotopic (exact) mass is 355 g/mol. The van der Waals surface area contributed by atoms with Crippen LogP contribution in [0.25, 0.3) is 0 Å². The molecule has 0 aliphatic carbocycles. The van der Waals surface area contributed by atoms with Crippen LogP contribution in [0.4, 0.5) is 19.3 Å². The van der Waals surface area contributed by atoms with Gasteiger partial charge in [0.2, 0.25) is 0 Å². The van der Waals surface area contributed by atoms with Crippen molar-refractivity contribution in [3.63, 3.8) is 0 Å². The molecule has 0 aliphatic rings. The molecule has 1 N–H and O–H groups in total. The lowest BCUT2D eigenvalue weighted by atomic mass is 10.2. The standard InChI is InChI=1S/C12H13BrClF2NO2/c1-6(2)5-19-12(18)17-9-4-7(11(15)16)3-8(13)10(9)14/h3-4,6,11H,5H2,1-2H3,(H,17,18). The highest BCUT2D eigenvalue weighted by Crippen LogP contribution is 2.35. The van der Waals surface area contributed by atoms with Gasteiger partial charge in [0.25, 0.3) is 6.43 Å². The second-order valence-electron chi connectivity index (χ2n) is 4.28. The molecule has 19 heavy (non-hydrogen) atoms. The van der Waals surface area contributed by atoms with Gasteiger partial charge in [0, 0.05) is 10.0 Å². The van der Waals surface area contributed by atoms with Crippen molar-refractivity contribution in [3.8, 4) is 0 Å². The quantitative estimate of drug-likeness (QED) is 0.800. The first kappa shape index (κ1) is 16.2. The molecule has 1 aromatic rings. The van der Waals surface area contributed by atoms with Gasteiger partial charge in [-0.25, -0.2) is 13.6 Å². The van der Waals surface area contributed by atoms with Gasteiger partial charge in [-0.15, -0.1) is 0 Å². The lowest BCUT2D eigenvalue weighted by molar-refractivity contribution is 0.147. The van der Waals surface area contributed by atoms with E-state index in [-0.39, 0.29) is 33.3 Å². The van der Waals surface area contributed by atoms with E-state index in [4.69, 9.17) is 16.3 Å². The van der Waals surface area contributed by atoms with E-state index in [1.54, 1.807) is 0 Å². The Labute approximate surface area is 123 Å². The van der Waals surface area contributed by atoms with E-state index >= 15 is 0 Å². The van der Waals surface area contributed by atoms with Crippen LogP contribution in [0.2, 0.25) is 5.02 Å².